The summed E-state index contributed by atoms with van der Waals surface area (Å²) in [5.74, 6) is -0.211. The zero-order valence-corrected chi connectivity index (χ0v) is 11.5. The average Bonchev–Trinajstić information content (AvgIpc) is 2.34. The lowest BCUT2D eigenvalue weighted by Crippen LogP contribution is -2.37. The number of hydrogen-bond acceptors (Lipinski definition) is 4. The largest absolute Gasteiger partial charge is 0.350 e. The molecule has 2 N–H and O–H groups in total. The van der Waals surface area contributed by atoms with Gasteiger partial charge in [-0.2, -0.15) is 0 Å². The van der Waals surface area contributed by atoms with Gasteiger partial charge in [-0.25, -0.2) is 8.42 Å². The number of hydrogen-bond donors (Lipinski definition) is 2. The zero-order valence-electron chi connectivity index (χ0n) is 10.7. The highest BCUT2D eigenvalue weighted by molar-refractivity contribution is 7.90. The van der Waals surface area contributed by atoms with Crippen molar-refractivity contribution in [3.05, 3.63) is 29.8 Å². The molecule has 0 saturated carbocycles. The Labute approximate surface area is 108 Å². The fraction of sp³-hybridized carbons (Fsp3) is 0.417. The molecule has 0 radical (unpaired) electrons. The monoisotopic (exact) mass is 270 g/mol. The molecule has 6 heteroatoms. The molecule has 1 aromatic rings. The molecule has 0 bridgehead atoms. The van der Waals surface area contributed by atoms with Gasteiger partial charge in [0.2, 0.25) is 0 Å². The van der Waals surface area contributed by atoms with Crippen molar-refractivity contribution >= 4 is 15.7 Å². The van der Waals surface area contributed by atoms with Crippen LogP contribution in [0, 0.1) is 0 Å². The molecule has 0 aliphatic heterocycles. The molecule has 1 unspecified atom stereocenters. The van der Waals surface area contributed by atoms with Crippen molar-refractivity contribution in [3.63, 3.8) is 0 Å². The minimum absolute atomic E-state index is 0.184. The van der Waals surface area contributed by atoms with Gasteiger partial charge in [-0.15, -0.1) is 0 Å². The summed E-state index contributed by atoms with van der Waals surface area (Å²) in [5, 5.41) is 5.76. The molecule has 5 nitrogen and oxygen atoms in total. The van der Waals surface area contributed by atoms with Crippen LogP contribution >= 0.6 is 0 Å². The van der Waals surface area contributed by atoms with Crippen LogP contribution in [0.3, 0.4) is 0 Å². The average molecular weight is 270 g/mol. The quantitative estimate of drug-likeness (QED) is 0.813. The molecule has 0 saturated heterocycles. The minimum atomic E-state index is -3.22. The molecule has 0 aliphatic rings. The highest BCUT2D eigenvalue weighted by atomic mass is 32.2. The van der Waals surface area contributed by atoms with Gasteiger partial charge < -0.3 is 10.6 Å². The van der Waals surface area contributed by atoms with Gasteiger partial charge in [-0.05, 0) is 38.2 Å². The predicted octanol–water partition coefficient (Wildman–Crippen LogP) is 0.428. The molecule has 0 fully saturated rings. The first-order valence-corrected chi connectivity index (χ1v) is 7.49. The van der Waals surface area contributed by atoms with Crippen molar-refractivity contribution in [3.8, 4) is 0 Å². The van der Waals surface area contributed by atoms with Crippen molar-refractivity contribution in [2.45, 2.75) is 17.9 Å². The van der Waals surface area contributed by atoms with Gasteiger partial charge in [0.15, 0.2) is 9.84 Å². The summed E-state index contributed by atoms with van der Waals surface area (Å²) in [6, 6.07) is 6.08. The van der Waals surface area contributed by atoms with Gasteiger partial charge >= 0.3 is 0 Å². The molecule has 0 aromatic heterocycles. The first-order valence-electron chi connectivity index (χ1n) is 5.60. The molecular formula is C12H18N2O3S. The van der Waals surface area contributed by atoms with E-state index in [0.29, 0.717) is 12.1 Å². The molecular weight excluding hydrogens is 252 g/mol. The summed E-state index contributed by atoms with van der Waals surface area (Å²) in [7, 11) is -1.40. The lowest BCUT2D eigenvalue weighted by atomic mass is 10.2. The van der Waals surface area contributed by atoms with Crippen LogP contribution in [0.1, 0.15) is 17.3 Å². The maximum atomic E-state index is 11.7. The number of likely N-dealkylation sites (N-methyl/N-ethyl adjacent to an activating group) is 1. The topological polar surface area (TPSA) is 75.3 Å². The van der Waals surface area contributed by atoms with E-state index < -0.39 is 9.84 Å². The number of amides is 1. The maximum absolute atomic E-state index is 11.7. The maximum Gasteiger partial charge on any atom is 0.251 e. The van der Waals surface area contributed by atoms with Crippen molar-refractivity contribution in [2.75, 3.05) is 19.8 Å². The number of benzene rings is 1. The standard InChI is InChI=1S/C12H18N2O3S/c1-9(13-2)8-14-12(15)10-4-6-11(7-5-10)18(3,16)17/h4-7,9,13H,8H2,1-3H3,(H,14,15). The van der Waals surface area contributed by atoms with Gasteiger partial charge in [-0.3, -0.25) is 4.79 Å². The van der Waals surface area contributed by atoms with Crippen LogP contribution in [-0.4, -0.2) is 40.2 Å². The Balaban J connectivity index is 2.71. The summed E-state index contributed by atoms with van der Waals surface area (Å²) in [4.78, 5) is 11.9. The Bertz CT molecular complexity index is 509. The summed E-state index contributed by atoms with van der Waals surface area (Å²) in [6.45, 7) is 2.47. The van der Waals surface area contributed by atoms with E-state index in [1.165, 1.54) is 24.3 Å². The van der Waals surface area contributed by atoms with Gasteiger partial charge in [0, 0.05) is 24.4 Å². The Morgan fingerprint density at radius 3 is 2.28 bits per heavy atom. The van der Waals surface area contributed by atoms with Crippen LogP contribution in [-0.2, 0) is 9.84 Å². The fourth-order valence-corrected chi connectivity index (χ4v) is 1.93. The summed E-state index contributed by atoms with van der Waals surface area (Å²) in [6.07, 6.45) is 1.14. The number of sulfone groups is 1. The molecule has 1 rings (SSSR count). The smallest absolute Gasteiger partial charge is 0.251 e. The lowest BCUT2D eigenvalue weighted by molar-refractivity contribution is 0.0950. The highest BCUT2D eigenvalue weighted by Crippen LogP contribution is 2.10. The van der Waals surface area contributed by atoms with Gasteiger partial charge in [0.05, 0.1) is 4.90 Å². The van der Waals surface area contributed by atoms with Gasteiger partial charge in [0.25, 0.3) is 5.91 Å². The first kappa shape index (κ1) is 14.7. The van der Waals surface area contributed by atoms with E-state index >= 15 is 0 Å². The second-order valence-corrected chi connectivity index (χ2v) is 6.21. The van der Waals surface area contributed by atoms with Crippen molar-refractivity contribution < 1.29 is 13.2 Å². The fourth-order valence-electron chi connectivity index (χ4n) is 1.30. The SMILES string of the molecule is CNC(C)CNC(=O)c1ccc(S(C)(=O)=O)cc1. The van der Waals surface area contributed by atoms with E-state index in [-0.39, 0.29) is 16.8 Å². The van der Waals surface area contributed by atoms with E-state index in [2.05, 4.69) is 10.6 Å². The Morgan fingerprint density at radius 1 is 1.28 bits per heavy atom. The highest BCUT2D eigenvalue weighted by Gasteiger charge is 2.10. The summed E-state index contributed by atoms with van der Waals surface area (Å²) < 4.78 is 22.5. The Hall–Kier alpha value is -1.40. The van der Waals surface area contributed by atoms with Crippen molar-refractivity contribution in [1.29, 1.82) is 0 Å². The molecule has 1 amide bonds. The third-order valence-corrected chi connectivity index (χ3v) is 3.73. The molecule has 1 atom stereocenters. The van der Waals surface area contributed by atoms with Gasteiger partial charge in [0.1, 0.15) is 0 Å². The van der Waals surface area contributed by atoms with E-state index in [0.717, 1.165) is 6.26 Å². The van der Waals surface area contributed by atoms with Crippen LogP contribution < -0.4 is 10.6 Å². The van der Waals surface area contributed by atoms with E-state index in [4.69, 9.17) is 0 Å². The zero-order chi connectivity index (χ0) is 13.8. The van der Waals surface area contributed by atoms with Crippen LogP contribution in [0.25, 0.3) is 0 Å². The van der Waals surface area contributed by atoms with Crippen LogP contribution in [0.15, 0.2) is 29.2 Å². The number of carbonyl (C=O) groups excluding carboxylic acids is 1. The van der Waals surface area contributed by atoms with Crippen LogP contribution in [0.2, 0.25) is 0 Å². The second-order valence-electron chi connectivity index (χ2n) is 4.20. The molecule has 0 aliphatic carbocycles. The first-order chi connectivity index (χ1) is 8.34. The lowest BCUT2D eigenvalue weighted by Gasteiger charge is -2.11. The Kier molecular flexibility index (Phi) is 4.86. The van der Waals surface area contributed by atoms with Crippen molar-refractivity contribution in [2.24, 2.45) is 0 Å². The number of carbonyl (C=O) groups is 1. The summed E-state index contributed by atoms with van der Waals surface area (Å²) >= 11 is 0. The molecule has 1 aromatic carbocycles. The third kappa shape index (κ3) is 4.12. The summed E-state index contributed by atoms with van der Waals surface area (Å²) in [5.41, 5.74) is 0.450. The molecule has 100 valence electrons. The van der Waals surface area contributed by atoms with E-state index in [9.17, 15) is 13.2 Å². The molecule has 18 heavy (non-hydrogen) atoms. The molecule has 0 heterocycles. The number of rotatable bonds is 5. The minimum Gasteiger partial charge on any atom is -0.350 e. The molecule has 0 spiro atoms. The number of nitrogens with one attached hydrogen (secondary N) is 2. The predicted molar refractivity (Wildman–Crippen MR) is 70.4 cm³/mol. The van der Waals surface area contributed by atoms with E-state index in [1.54, 1.807) is 0 Å². The van der Waals surface area contributed by atoms with Crippen molar-refractivity contribution in [1.82, 2.24) is 10.6 Å². The van der Waals surface area contributed by atoms with Gasteiger partial charge in [-0.1, -0.05) is 0 Å². The van der Waals surface area contributed by atoms with E-state index in [1.807, 2.05) is 14.0 Å². The third-order valence-electron chi connectivity index (χ3n) is 2.61. The normalized spacial score (nSPS) is 13.1. The second kappa shape index (κ2) is 5.97. The Morgan fingerprint density at radius 2 is 1.83 bits per heavy atom. The van der Waals surface area contributed by atoms with Crippen LogP contribution in [0.4, 0.5) is 0 Å². The van der Waals surface area contributed by atoms with Crippen LogP contribution in [0.5, 0.6) is 0 Å².